The van der Waals surface area contributed by atoms with Crippen LogP contribution in [0.15, 0.2) is 16.4 Å². The summed E-state index contributed by atoms with van der Waals surface area (Å²) < 4.78 is 0. The molecular weight excluding hydrogens is 180 g/mol. The lowest BCUT2D eigenvalue weighted by molar-refractivity contribution is 1.06. The molecule has 0 fully saturated rings. The monoisotopic (exact) mass is 194 g/mol. The number of H-pyrrole nitrogens is 1. The van der Waals surface area contributed by atoms with Gasteiger partial charge in [-0.15, -0.1) is 0 Å². The van der Waals surface area contributed by atoms with E-state index in [0.717, 1.165) is 5.57 Å². The highest BCUT2D eigenvalue weighted by atomic mass is 16.1. The molecule has 0 aliphatic heterocycles. The Morgan fingerprint density at radius 2 is 2.14 bits per heavy atom. The first-order valence-corrected chi connectivity index (χ1v) is 4.28. The number of anilines is 2. The largest absolute Gasteiger partial charge is 0.383 e. The van der Waals surface area contributed by atoms with Gasteiger partial charge in [0.05, 0.1) is 5.56 Å². The van der Waals surface area contributed by atoms with Crippen molar-refractivity contribution in [1.29, 1.82) is 0 Å². The summed E-state index contributed by atoms with van der Waals surface area (Å²) in [5.41, 5.74) is 12.2. The average molecular weight is 194 g/mol. The highest BCUT2D eigenvalue weighted by Gasteiger charge is 2.05. The van der Waals surface area contributed by atoms with Crippen molar-refractivity contribution in [3.05, 3.63) is 27.6 Å². The van der Waals surface area contributed by atoms with Crippen molar-refractivity contribution in [2.45, 2.75) is 20.3 Å². The van der Waals surface area contributed by atoms with Gasteiger partial charge in [-0.2, -0.15) is 4.98 Å². The second-order valence-electron chi connectivity index (χ2n) is 3.30. The molecular formula is C9H14N4O. The van der Waals surface area contributed by atoms with E-state index in [1.165, 1.54) is 0 Å². The van der Waals surface area contributed by atoms with E-state index in [2.05, 4.69) is 9.97 Å². The van der Waals surface area contributed by atoms with Gasteiger partial charge in [0.1, 0.15) is 5.82 Å². The first-order valence-electron chi connectivity index (χ1n) is 4.28. The summed E-state index contributed by atoms with van der Waals surface area (Å²) >= 11 is 0. The van der Waals surface area contributed by atoms with Crippen molar-refractivity contribution in [2.75, 3.05) is 11.5 Å². The van der Waals surface area contributed by atoms with Crippen LogP contribution in [0.2, 0.25) is 0 Å². The fourth-order valence-corrected chi connectivity index (χ4v) is 1.04. The molecule has 76 valence electrons. The molecule has 5 N–H and O–H groups in total. The zero-order chi connectivity index (χ0) is 10.7. The number of nitrogens with zero attached hydrogens (tertiary/aromatic N) is 1. The molecule has 5 heteroatoms. The molecule has 14 heavy (non-hydrogen) atoms. The van der Waals surface area contributed by atoms with Crippen molar-refractivity contribution in [3.8, 4) is 0 Å². The molecule has 0 aromatic carbocycles. The quantitative estimate of drug-likeness (QED) is 0.595. The van der Waals surface area contributed by atoms with Gasteiger partial charge in [0, 0.05) is 0 Å². The van der Waals surface area contributed by atoms with Crippen LogP contribution in [0, 0.1) is 0 Å². The maximum atomic E-state index is 11.4. The molecule has 0 atom stereocenters. The van der Waals surface area contributed by atoms with Gasteiger partial charge in [0.2, 0.25) is 5.95 Å². The Hall–Kier alpha value is -1.78. The number of rotatable bonds is 2. The molecule has 0 aliphatic carbocycles. The van der Waals surface area contributed by atoms with Crippen LogP contribution in [0.3, 0.4) is 0 Å². The molecule has 0 amide bonds. The lowest BCUT2D eigenvalue weighted by Gasteiger charge is -2.01. The van der Waals surface area contributed by atoms with Crippen molar-refractivity contribution < 1.29 is 0 Å². The molecule has 1 heterocycles. The van der Waals surface area contributed by atoms with E-state index >= 15 is 0 Å². The van der Waals surface area contributed by atoms with Crippen molar-refractivity contribution in [1.82, 2.24) is 9.97 Å². The topological polar surface area (TPSA) is 97.8 Å². The minimum Gasteiger partial charge on any atom is -0.383 e. The van der Waals surface area contributed by atoms with E-state index in [9.17, 15) is 4.79 Å². The zero-order valence-electron chi connectivity index (χ0n) is 8.29. The molecule has 0 aliphatic rings. The fourth-order valence-electron chi connectivity index (χ4n) is 1.04. The second kappa shape index (κ2) is 3.95. The Balaban J connectivity index is 3.09. The minimum atomic E-state index is -0.271. The van der Waals surface area contributed by atoms with E-state index in [4.69, 9.17) is 11.5 Å². The van der Waals surface area contributed by atoms with Gasteiger partial charge in [0.25, 0.3) is 5.56 Å². The number of nitrogens with two attached hydrogens (primary N) is 2. The van der Waals surface area contributed by atoms with Crippen molar-refractivity contribution in [2.24, 2.45) is 0 Å². The maximum absolute atomic E-state index is 11.4. The van der Waals surface area contributed by atoms with Gasteiger partial charge < -0.3 is 11.5 Å². The Labute approximate surface area is 81.8 Å². The van der Waals surface area contributed by atoms with Gasteiger partial charge >= 0.3 is 0 Å². The minimum absolute atomic E-state index is 0.0495. The third kappa shape index (κ3) is 2.35. The summed E-state index contributed by atoms with van der Waals surface area (Å²) in [6.45, 7) is 3.91. The summed E-state index contributed by atoms with van der Waals surface area (Å²) in [6, 6.07) is 0. The SMILES string of the molecule is CC(C)=CCc1c(N)nc(N)[nH]c1=O. The molecule has 0 saturated carbocycles. The summed E-state index contributed by atoms with van der Waals surface area (Å²) in [5.74, 6) is 0.247. The van der Waals surface area contributed by atoms with Gasteiger partial charge in [-0.25, -0.2) is 0 Å². The summed E-state index contributed by atoms with van der Waals surface area (Å²) in [6.07, 6.45) is 2.40. The lowest BCUT2D eigenvalue weighted by Crippen LogP contribution is -2.18. The highest BCUT2D eigenvalue weighted by Crippen LogP contribution is 2.06. The molecule has 0 radical (unpaired) electrons. The number of aromatic nitrogens is 2. The first kappa shape index (κ1) is 10.3. The Morgan fingerprint density at radius 3 is 2.64 bits per heavy atom. The molecule has 0 saturated heterocycles. The fraction of sp³-hybridized carbons (Fsp3) is 0.333. The first-order chi connectivity index (χ1) is 6.50. The Bertz CT molecular complexity index is 415. The van der Waals surface area contributed by atoms with Crippen LogP contribution in [0.5, 0.6) is 0 Å². The molecule has 1 rings (SSSR count). The van der Waals surface area contributed by atoms with Crippen LogP contribution >= 0.6 is 0 Å². The van der Waals surface area contributed by atoms with E-state index < -0.39 is 0 Å². The molecule has 0 bridgehead atoms. The predicted octanol–water partition coefficient (Wildman–Crippen LogP) is 0.443. The van der Waals surface area contributed by atoms with Gasteiger partial charge in [0.15, 0.2) is 0 Å². The molecule has 0 unspecified atom stereocenters. The average Bonchev–Trinajstić information content (AvgIpc) is 2.01. The normalized spacial score (nSPS) is 9.86. The van der Waals surface area contributed by atoms with Crippen LogP contribution in [-0.2, 0) is 6.42 Å². The Morgan fingerprint density at radius 1 is 1.50 bits per heavy atom. The van der Waals surface area contributed by atoms with Crippen LogP contribution in [0.4, 0.5) is 11.8 Å². The number of hydrogen-bond acceptors (Lipinski definition) is 4. The van der Waals surface area contributed by atoms with Crippen LogP contribution in [0.1, 0.15) is 19.4 Å². The zero-order valence-corrected chi connectivity index (χ0v) is 8.29. The number of hydrogen-bond donors (Lipinski definition) is 3. The summed E-state index contributed by atoms with van der Waals surface area (Å²) in [7, 11) is 0. The predicted molar refractivity (Wildman–Crippen MR) is 56.8 cm³/mol. The maximum Gasteiger partial charge on any atom is 0.257 e. The van der Waals surface area contributed by atoms with Crippen LogP contribution in [-0.4, -0.2) is 9.97 Å². The van der Waals surface area contributed by atoms with E-state index in [1.54, 1.807) is 0 Å². The molecule has 5 nitrogen and oxygen atoms in total. The Kier molecular flexibility index (Phi) is 2.91. The van der Waals surface area contributed by atoms with Gasteiger partial charge in [-0.3, -0.25) is 9.78 Å². The molecule has 0 spiro atoms. The standard InChI is InChI=1S/C9H14N4O/c1-5(2)3-4-6-7(10)12-9(11)13-8(6)14/h3H,4H2,1-2H3,(H5,10,11,12,13,14). The number of aromatic amines is 1. The van der Waals surface area contributed by atoms with Gasteiger partial charge in [-0.1, -0.05) is 11.6 Å². The summed E-state index contributed by atoms with van der Waals surface area (Å²) in [5, 5.41) is 0. The van der Waals surface area contributed by atoms with Gasteiger partial charge in [-0.05, 0) is 20.3 Å². The molecule has 1 aromatic heterocycles. The smallest absolute Gasteiger partial charge is 0.257 e. The van der Waals surface area contributed by atoms with Crippen molar-refractivity contribution in [3.63, 3.8) is 0 Å². The third-order valence-corrected chi connectivity index (χ3v) is 1.78. The molecule has 1 aromatic rings. The van der Waals surface area contributed by atoms with E-state index in [0.29, 0.717) is 12.0 Å². The van der Waals surface area contributed by atoms with Crippen molar-refractivity contribution >= 4 is 11.8 Å². The van der Waals surface area contributed by atoms with Crippen LogP contribution in [0.25, 0.3) is 0 Å². The second-order valence-corrected chi connectivity index (χ2v) is 3.30. The highest BCUT2D eigenvalue weighted by molar-refractivity contribution is 5.42. The number of nitrogens with one attached hydrogen (secondary N) is 1. The van der Waals surface area contributed by atoms with E-state index in [-0.39, 0.29) is 17.3 Å². The summed E-state index contributed by atoms with van der Waals surface area (Å²) in [4.78, 5) is 17.6. The number of nitrogen functional groups attached to an aromatic ring is 2. The van der Waals surface area contributed by atoms with E-state index in [1.807, 2.05) is 19.9 Å². The lowest BCUT2D eigenvalue weighted by atomic mass is 10.1. The third-order valence-electron chi connectivity index (χ3n) is 1.78. The van der Waals surface area contributed by atoms with Crippen LogP contribution < -0.4 is 17.0 Å². The number of allylic oxidation sites excluding steroid dienone is 2.